The van der Waals surface area contributed by atoms with Crippen molar-refractivity contribution in [3.8, 4) is 11.8 Å². The van der Waals surface area contributed by atoms with Crippen LogP contribution in [0.1, 0.15) is 24.1 Å². The van der Waals surface area contributed by atoms with Crippen molar-refractivity contribution in [3.05, 3.63) is 82.2 Å². The van der Waals surface area contributed by atoms with Gasteiger partial charge < -0.3 is 5.32 Å². The lowest BCUT2D eigenvalue weighted by atomic mass is 10.1. The van der Waals surface area contributed by atoms with Gasteiger partial charge in [0.25, 0.3) is 5.69 Å². The lowest BCUT2D eigenvalue weighted by molar-refractivity contribution is -0.384. The zero-order valence-corrected chi connectivity index (χ0v) is 13.5. The number of nitro groups is 1. The summed E-state index contributed by atoms with van der Waals surface area (Å²) in [5, 5.41) is 27.7. The normalized spacial score (nSPS) is 11.5. The summed E-state index contributed by atoms with van der Waals surface area (Å²) in [4.78, 5) is 10.8. The van der Waals surface area contributed by atoms with E-state index >= 15 is 0 Å². The van der Waals surface area contributed by atoms with Crippen molar-refractivity contribution in [1.82, 2.24) is 9.78 Å². The zero-order valence-electron chi connectivity index (χ0n) is 13.5. The molecule has 0 bridgehead atoms. The molecule has 3 rings (SSSR count). The van der Waals surface area contributed by atoms with Crippen LogP contribution in [0.5, 0.6) is 0 Å². The summed E-state index contributed by atoms with van der Waals surface area (Å²) in [6.45, 7) is 1.92. The number of nitrogens with zero attached hydrogens (tertiary/aromatic N) is 4. The van der Waals surface area contributed by atoms with E-state index in [2.05, 4.69) is 10.4 Å². The first-order valence-corrected chi connectivity index (χ1v) is 7.64. The second-order valence-electron chi connectivity index (χ2n) is 5.48. The molecule has 3 aromatic rings. The van der Waals surface area contributed by atoms with E-state index in [4.69, 9.17) is 5.26 Å². The van der Waals surface area contributed by atoms with Gasteiger partial charge >= 0.3 is 0 Å². The van der Waals surface area contributed by atoms with Gasteiger partial charge in [-0.2, -0.15) is 10.4 Å². The van der Waals surface area contributed by atoms with Crippen LogP contribution in [-0.4, -0.2) is 14.7 Å². The number of nitro benzene ring substituents is 1. The van der Waals surface area contributed by atoms with Crippen molar-refractivity contribution < 1.29 is 4.92 Å². The Labute approximate surface area is 144 Å². The Morgan fingerprint density at radius 3 is 2.76 bits per heavy atom. The van der Waals surface area contributed by atoms with Gasteiger partial charge in [0.1, 0.15) is 5.69 Å². The topological polar surface area (TPSA) is 96.8 Å². The number of benzene rings is 2. The first-order chi connectivity index (χ1) is 12.1. The quantitative estimate of drug-likeness (QED) is 0.565. The molecule has 124 valence electrons. The minimum Gasteiger partial charge on any atom is -0.373 e. The molecule has 0 aliphatic rings. The number of nitrogens with one attached hydrogen (secondary N) is 1. The molecule has 0 fully saturated rings. The monoisotopic (exact) mass is 333 g/mol. The molecule has 1 N–H and O–H groups in total. The van der Waals surface area contributed by atoms with Gasteiger partial charge in [0.2, 0.25) is 0 Å². The van der Waals surface area contributed by atoms with Gasteiger partial charge in [-0.15, -0.1) is 0 Å². The van der Waals surface area contributed by atoms with Gasteiger partial charge in [-0.25, -0.2) is 4.68 Å². The fourth-order valence-corrected chi connectivity index (χ4v) is 2.66. The van der Waals surface area contributed by atoms with E-state index in [0.29, 0.717) is 5.69 Å². The highest BCUT2D eigenvalue weighted by atomic mass is 16.6. The minimum absolute atomic E-state index is 0.123. The van der Waals surface area contributed by atoms with Crippen LogP contribution in [-0.2, 0) is 0 Å². The Morgan fingerprint density at radius 2 is 2.08 bits per heavy atom. The zero-order chi connectivity index (χ0) is 17.8. The highest BCUT2D eigenvalue weighted by Crippen LogP contribution is 2.30. The van der Waals surface area contributed by atoms with E-state index in [9.17, 15) is 10.1 Å². The van der Waals surface area contributed by atoms with Crippen molar-refractivity contribution in [1.29, 1.82) is 5.26 Å². The van der Waals surface area contributed by atoms with E-state index in [1.165, 1.54) is 6.07 Å². The minimum atomic E-state index is -0.491. The molecule has 1 atom stereocenters. The van der Waals surface area contributed by atoms with E-state index in [1.54, 1.807) is 23.0 Å². The molecule has 0 radical (unpaired) electrons. The summed E-state index contributed by atoms with van der Waals surface area (Å²) in [7, 11) is 0. The molecule has 0 aliphatic heterocycles. The predicted molar refractivity (Wildman–Crippen MR) is 93.4 cm³/mol. The number of hydrogen-bond acceptors (Lipinski definition) is 5. The number of nitriles is 1. The number of hydrogen-bond donors (Lipinski definition) is 1. The van der Waals surface area contributed by atoms with Crippen LogP contribution >= 0.6 is 0 Å². The molecular weight excluding hydrogens is 318 g/mol. The third kappa shape index (κ3) is 3.33. The number of para-hydroxylation sites is 1. The van der Waals surface area contributed by atoms with Crippen LogP contribution < -0.4 is 5.32 Å². The highest BCUT2D eigenvalue weighted by molar-refractivity contribution is 5.65. The number of aromatic nitrogens is 2. The van der Waals surface area contributed by atoms with E-state index < -0.39 is 4.92 Å². The Balaban J connectivity index is 1.96. The van der Waals surface area contributed by atoms with E-state index in [0.717, 1.165) is 11.3 Å². The van der Waals surface area contributed by atoms with Crippen LogP contribution in [0.2, 0.25) is 0 Å². The maximum absolute atomic E-state index is 11.3. The molecule has 1 unspecified atom stereocenters. The molecule has 0 amide bonds. The molecule has 1 aromatic heterocycles. The lowest BCUT2D eigenvalue weighted by Gasteiger charge is -2.19. The molecule has 0 saturated carbocycles. The second kappa shape index (κ2) is 6.84. The van der Waals surface area contributed by atoms with Gasteiger partial charge in [0, 0.05) is 18.5 Å². The molecule has 7 heteroatoms. The van der Waals surface area contributed by atoms with Crippen molar-refractivity contribution in [2.75, 3.05) is 5.32 Å². The summed E-state index contributed by atoms with van der Waals surface area (Å²) >= 11 is 0. The largest absolute Gasteiger partial charge is 0.373 e. The van der Waals surface area contributed by atoms with Gasteiger partial charge in [-0.05, 0) is 36.8 Å². The summed E-state index contributed by atoms with van der Waals surface area (Å²) in [5.74, 6) is 0. The first-order valence-electron chi connectivity index (χ1n) is 7.64. The molecule has 25 heavy (non-hydrogen) atoms. The molecule has 1 heterocycles. The average molecular weight is 333 g/mol. The standard InChI is InChI=1S/C18H15N5O2/c1-13(15-5-2-3-6-17(15)22-10-4-9-20-22)21-16-8-7-14(12-19)11-18(16)23(24)25/h2-11,13,21H,1H3. The third-order valence-corrected chi connectivity index (χ3v) is 3.85. The molecule has 0 saturated heterocycles. The van der Waals surface area contributed by atoms with Crippen LogP contribution in [0.15, 0.2) is 60.9 Å². The number of rotatable bonds is 5. The Morgan fingerprint density at radius 1 is 1.28 bits per heavy atom. The van der Waals surface area contributed by atoms with Crippen LogP contribution in [0.4, 0.5) is 11.4 Å². The van der Waals surface area contributed by atoms with Crippen LogP contribution in [0.25, 0.3) is 5.69 Å². The summed E-state index contributed by atoms with van der Waals surface area (Å²) in [5.41, 5.74) is 2.34. The smallest absolute Gasteiger partial charge is 0.293 e. The summed E-state index contributed by atoms with van der Waals surface area (Å²) in [6, 6.07) is 15.6. The van der Waals surface area contributed by atoms with Crippen molar-refractivity contribution in [3.63, 3.8) is 0 Å². The number of anilines is 1. The fraction of sp³-hybridized carbons (Fsp3) is 0.111. The van der Waals surface area contributed by atoms with Gasteiger partial charge in [-0.3, -0.25) is 10.1 Å². The maximum atomic E-state index is 11.3. The second-order valence-corrected chi connectivity index (χ2v) is 5.48. The van der Waals surface area contributed by atoms with Gasteiger partial charge in [0.05, 0.1) is 28.3 Å². The molecule has 0 spiro atoms. The van der Waals surface area contributed by atoms with Gasteiger partial charge in [0.15, 0.2) is 0 Å². The SMILES string of the molecule is CC(Nc1ccc(C#N)cc1[N+](=O)[O-])c1ccccc1-n1cccn1. The van der Waals surface area contributed by atoms with E-state index in [-0.39, 0.29) is 17.3 Å². The molecular formula is C18H15N5O2. The van der Waals surface area contributed by atoms with Crippen molar-refractivity contribution in [2.45, 2.75) is 13.0 Å². The summed E-state index contributed by atoms with van der Waals surface area (Å²) in [6.07, 6.45) is 3.54. The van der Waals surface area contributed by atoms with Gasteiger partial charge in [-0.1, -0.05) is 18.2 Å². The first kappa shape index (κ1) is 16.2. The molecule has 0 aliphatic carbocycles. The fourth-order valence-electron chi connectivity index (χ4n) is 2.66. The van der Waals surface area contributed by atoms with Crippen molar-refractivity contribution >= 4 is 11.4 Å². The highest BCUT2D eigenvalue weighted by Gasteiger charge is 2.18. The van der Waals surface area contributed by atoms with Crippen LogP contribution in [0.3, 0.4) is 0 Å². The third-order valence-electron chi connectivity index (χ3n) is 3.85. The van der Waals surface area contributed by atoms with Crippen molar-refractivity contribution in [2.24, 2.45) is 0 Å². The Hall–Kier alpha value is -3.66. The molecule has 7 nitrogen and oxygen atoms in total. The lowest BCUT2D eigenvalue weighted by Crippen LogP contribution is -2.12. The van der Waals surface area contributed by atoms with Crippen LogP contribution in [0, 0.1) is 21.4 Å². The Bertz CT molecular complexity index is 944. The van der Waals surface area contributed by atoms with E-state index in [1.807, 2.05) is 49.5 Å². The Kier molecular flexibility index (Phi) is 4.44. The average Bonchev–Trinajstić information content (AvgIpc) is 3.16. The summed E-state index contributed by atoms with van der Waals surface area (Å²) < 4.78 is 1.75. The maximum Gasteiger partial charge on any atom is 0.293 e. The predicted octanol–water partition coefficient (Wildman–Crippen LogP) is 3.83. The molecule has 2 aromatic carbocycles.